The molecule has 3 heteroatoms. The second-order valence-electron chi connectivity index (χ2n) is 2.77. The maximum atomic E-state index is 10.9. The summed E-state index contributed by atoms with van der Waals surface area (Å²) in [5.74, 6) is -0.477. The second kappa shape index (κ2) is 2.08. The van der Waals surface area contributed by atoms with Crippen molar-refractivity contribution < 1.29 is 14.3 Å². The van der Waals surface area contributed by atoms with Gasteiger partial charge in [-0.3, -0.25) is 9.59 Å². The van der Waals surface area contributed by atoms with Gasteiger partial charge in [0.05, 0.1) is 6.61 Å². The van der Waals surface area contributed by atoms with Crippen molar-refractivity contribution in [3.05, 3.63) is 0 Å². The van der Waals surface area contributed by atoms with Crippen molar-refractivity contribution in [1.29, 1.82) is 0 Å². The summed E-state index contributed by atoms with van der Waals surface area (Å²) in [5, 5.41) is 0. The third-order valence-electron chi connectivity index (χ3n) is 2.06. The zero-order valence-corrected chi connectivity index (χ0v) is 6.14. The van der Waals surface area contributed by atoms with Crippen molar-refractivity contribution in [2.75, 3.05) is 6.61 Å². The van der Waals surface area contributed by atoms with E-state index in [1.165, 1.54) is 6.92 Å². The smallest absolute Gasteiger partial charge is 0.319 e. The summed E-state index contributed by atoms with van der Waals surface area (Å²) >= 11 is 0. The average Bonchev–Trinajstić information content (AvgIpc) is 2.15. The Morgan fingerprint density at radius 3 is 2.50 bits per heavy atom. The van der Waals surface area contributed by atoms with Crippen LogP contribution in [0.15, 0.2) is 0 Å². The van der Waals surface area contributed by atoms with Gasteiger partial charge in [0, 0.05) is 6.42 Å². The van der Waals surface area contributed by atoms with Crippen LogP contribution in [0.2, 0.25) is 0 Å². The van der Waals surface area contributed by atoms with E-state index < -0.39 is 5.41 Å². The summed E-state index contributed by atoms with van der Waals surface area (Å²) in [6.45, 7) is 3.44. The Morgan fingerprint density at radius 1 is 1.70 bits per heavy atom. The highest BCUT2D eigenvalue weighted by molar-refractivity contribution is 6.03. The van der Waals surface area contributed by atoms with Crippen molar-refractivity contribution in [2.24, 2.45) is 5.41 Å². The standard InChI is InChI=1S/C7H10O3/c1-5(8)7(2)3-4-10-6(7)9/h3-4H2,1-2H3. The molecule has 56 valence electrons. The van der Waals surface area contributed by atoms with Crippen LogP contribution < -0.4 is 0 Å². The van der Waals surface area contributed by atoms with Gasteiger partial charge in [-0.25, -0.2) is 0 Å². The first-order valence-electron chi connectivity index (χ1n) is 3.25. The van der Waals surface area contributed by atoms with Gasteiger partial charge < -0.3 is 4.74 Å². The maximum Gasteiger partial charge on any atom is 0.319 e. The highest BCUT2D eigenvalue weighted by Crippen LogP contribution is 2.29. The Bertz CT molecular complexity index is 185. The number of Topliss-reactive ketones (excluding diaryl/α,β-unsaturated/α-hetero) is 1. The number of carbonyl (C=O) groups is 2. The lowest BCUT2D eigenvalue weighted by atomic mass is 9.85. The molecule has 0 radical (unpaired) electrons. The molecule has 1 atom stereocenters. The van der Waals surface area contributed by atoms with Gasteiger partial charge in [0.2, 0.25) is 0 Å². The van der Waals surface area contributed by atoms with E-state index in [1.54, 1.807) is 6.92 Å². The van der Waals surface area contributed by atoms with Gasteiger partial charge in [0.25, 0.3) is 0 Å². The number of hydrogen-bond acceptors (Lipinski definition) is 3. The minimum absolute atomic E-state index is 0.102. The molecule has 1 saturated heterocycles. The predicted octanol–water partition coefficient (Wildman–Crippen LogP) is 0.529. The van der Waals surface area contributed by atoms with Crippen LogP contribution >= 0.6 is 0 Å². The Balaban J connectivity index is 2.86. The van der Waals surface area contributed by atoms with Crippen LogP contribution in [0.4, 0.5) is 0 Å². The zero-order chi connectivity index (χ0) is 7.78. The Kier molecular flexibility index (Phi) is 1.50. The van der Waals surface area contributed by atoms with E-state index in [9.17, 15) is 9.59 Å². The number of cyclic esters (lactones) is 1. The summed E-state index contributed by atoms with van der Waals surface area (Å²) in [5.41, 5.74) is -0.847. The molecule has 0 bridgehead atoms. The fraction of sp³-hybridized carbons (Fsp3) is 0.714. The summed E-state index contributed by atoms with van der Waals surface area (Å²) in [4.78, 5) is 21.8. The van der Waals surface area contributed by atoms with E-state index in [-0.39, 0.29) is 11.8 Å². The van der Waals surface area contributed by atoms with Crippen LogP contribution in [0.3, 0.4) is 0 Å². The molecule has 0 aromatic carbocycles. The van der Waals surface area contributed by atoms with Gasteiger partial charge in [-0.05, 0) is 13.8 Å². The van der Waals surface area contributed by atoms with Gasteiger partial charge in [0.15, 0.2) is 0 Å². The minimum Gasteiger partial charge on any atom is -0.465 e. The molecule has 1 unspecified atom stereocenters. The molecular formula is C7H10O3. The molecule has 1 aliphatic heterocycles. The van der Waals surface area contributed by atoms with Crippen molar-refractivity contribution in [1.82, 2.24) is 0 Å². The van der Waals surface area contributed by atoms with Crippen molar-refractivity contribution in [2.45, 2.75) is 20.3 Å². The average molecular weight is 142 g/mol. The van der Waals surface area contributed by atoms with Crippen LogP contribution in [0, 0.1) is 5.41 Å². The first kappa shape index (κ1) is 7.25. The maximum absolute atomic E-state index is 10.9. The largest absolute Gasteiger partial charge is 0.465 e. The molecule has 10 heavy (non-hydrogen) atoms. The number of carbonyl (C=O) groups excluding carboxylic acids is 2. The third-order valence-corrected chi connectivity index (χ3v) is 2.06. The zero-order valence-electron chi connectivity index (χ0n) is 6.14. The lowest BCUT2D eigenvalue weighted by Crippen LogP contribution is -2.30. The lowest BCUT2D eigenvalue weighted by Gasteiger charge is -2.12. The van der Waals surface area contributed by atoms with E-state index in [0.717, 1.165) is 0 Å². The summed E-state index contributed by atoms with van der Waals surface area (Å²) in [7, 11) is 0. The molecular weight excluding hydrogens is 132 g/mol. The Labute approximate surface area is 59.4 Å². The summed E-state index contributed by atoms with van der Waals surface area (Å²) < 4.78 is 4.67. The second-order valence-corrected chi connectivity index (χ2v) is 2.77. The van der Waals surface area contributed by atoms with Gasteiger partial charge >= 0.3 is 5.97 Å². The Hall–Kier alpha value is -0.860. The molecule has 0 saturated carbocycles. The number of rotatable bonds is 1. The highest BCUT2D eigenvalue weighted by atomic mass is 16.5. The van der Waals surface area contributed by atoms with Gasteiger partial charge in [-0.1, -0.05) is 0 Å². The molecule has 1 rings (SSSR count). The first-order valence-corrected chi connectivity index (χ1v) is 3.25. The third kappa shape index (κ3) is 0.818. The van der Waals surface area contributed by atoms with E-state index in [1.807, 2.05) is 0 Å². The molecule has 1 aliphatic rings. The molecule has 0 aliphatic carbocycles. The lowest BCUT2D eigenvalue weighted by molar-refractivity contribution is -0.149. The molecule has 0 aromatic rings. The van der Waals surface area contributed by atoms with Gasteiger partial charge in [0.1, 0.15) is 11.2 Å². The van der Waals surface area contributed by atoms with E-state index in [0.29, 0.717) is 13.0 Å². The van der Waals surface area contributed by atoms with Crippen LogP contribution in [-0.2, 0) is 14.3 Å². The first-order chi connectivity index (χ1) is 4.57. The minimum atomic E-state index is -0.847. The fourth-order valence-corrected chi connectivity index (χ4v) is 0.929. The normalized spacial score (nSPS) is 32.0. The number of hydrogen-bond donors (Lipinski definition) is 0. The van der Waals surface area contributed by atoms with E-state index in [2.05, 4.69) is 4.74 Å². The summed E-state index contributed by atoms with van der Waals surface area (Å²) in [6, 6.07) is 0. The van der Waals surface area contributed by atoms with Crippen LogP contribution in [0.1, 0.15) is 20.3 Å². The van der Waals surface area contributed by atoms with Crippen molar-refractivity contribution in [3.63, 3.8) is 0 Å². The van der Waals surface area contributed by atoms with E-state index >= 15 is 0 Å². The van der Waals surface area contributed by atoms with Crippen LogP contribution in [0.5, 0.6) is 0 Å². The van der Waals surface area contributed by atoms with E-state index in [4.69, 9.17) is 0 Å². The molecule has 0 amide bonds. The van der Waals surface area contributed by atoms with Crippen molar-refractivity contribution in [3.8, 4) is 0 Å². The SMILES string of the molecule is CC(=O)C1(C)CCOC1=O. The molecule has 0 aromatic heterocycles. The van der Waals surface area contributed by atoms with Crippen LogP contribution in [-0.4, -0.2) is 18.4 Å². The topological polar surface area (TPSA) is 43.4 Å². The molecule has 1 fully saturated rings. The highest BCUT2D eigenvalue weighted by Gasteiger charge is 2.44. The molecule has 3 nitrogen and oxygen atoms in total. The monoisotopic (exact) mass is 142 g/mol. The quantitative estimate of drug-likeness (QED) is 0.396. The number of esters is 1. The van der Waals surface area contributed by atoms with Gasteiger partial charge in [-0.2, -0.15) is 0 Å². The molecule has 0 N–H and O–H groups in total. The Morgan fingerprint density at radius 2 is 2.30 bits per heavy atom. The van der Waals surface area contributed by atoms with Crippen LogP contribution in [0.25, 0.3) is 0 Å². The molecule has 0 spiro atoms. The predicted molar refractivity (Wildman–Crippen MR) is 34.4 cm³/mol. The van der Waals surface area contributed by atoms with Crippen molar-refractivity contribution >= 4 is 11.8 Å². The number of ether oxygens (including phenoxy) is 1. The summed E-state index contributed by atoms with van der Waals surface area (Å²) in [6.07, 6.45) is 0.529. The number of ketones is 1. The molecule has 1 heterocycles. The fourth-order valence-electron chi connectivity index (χ4n) is 0.929. The van der Waals surface area contributed by atoms with Gasteiger partial charge in [-0.15, -0.1) is 0 Å².